The van der Waals surface area contributed by atoms with Gasteiger partial charge in [-0.05, 0) is 69.7 Å². The lowest BCUT2D eigenvalue weighted by Gasteiger charge is -2.38. The first kappa shape index (κ1) is 24.3. The third-order valence-corrected chi connectivity index (χ3v) is 8.12. The maximum atomic E-state index is 5.74. The van der Waals surface area contributed by atoms with Crippen LogP contribution in [0.3, 0.4) is 0 Å². The van der Waals surface area contributed by atoms with Gasteiger partial charge >= 0.3 is 0 Å². The fraction of sp³-hybridized carbons (Fsp3) is 0.593. The van der Waals surface area contributed by atoms with Gasteiger partial charge in [0.2, 0.25) is 5.95 Å². The maximum Gasteiger partial charge on any atom is 0.232 e. The highest BCUT2D eigenvalue weighted by Gasteiger charge is 2.34. The number of hydrogen-bond acceptors (Lipinski definition) is 6. The molecule has 3 fully saturated rings. The molecule has 2 aromatic rings. The van der Waals surface area contributed by atoms with E-state index in [0.717, 1.165) is 63.9 Å². The van der Waals surface area contributed by atoms with Gasteiger partial charge in [0.15, 0.2) is 5.11 Å². The minimum absolute atomic E-state index is 0.0118. The second kappa shape index (κ2) is 11.1. The molecule has 0 aliphatic carbocycles. The number of benzene rings is 1. The van der Waals surface area contributed by atoms with Crippen molar-refractivity contribution in [2.24, 2.45) is 0 Å². The molecule has 0 radical (unpaired) electrons. The summed E-state index contributed by atoms with van der Waals surface area (Å²) >= 11 is 5.74. The number of piperidine rings is 1. The van der Waals surface area contributed by atoms with Crippen LogP contribution >= 0.6 is 12.2 Å². The lowest BCUT2D eigenvalue weighted by atomic mass is 9.74. The van der Waals surface area contributed by atoms with Crippen molar-refractivity contribution in [3.05, 3.63) is 42.0 Å². The standard InChI is InChI=1S/C27H38N6OS/c1-21-9-5-6-16-33(21)24-19-23(32-14-7-8-15-32)29-25(30-24)31-26(35)28-20-27(12-17-34-18-13-27)22-10-3-2-4-11-22/h2-4,10-11,19,21H,5-9,12-18,20H2,1H3,(H2,28,29,30,31,35)/t21-/m1/s1. The molecule has 1 aromatic heterocycles. The van der Waals surface area contributed by atoms with Crippen LogP contribution in [0.2, 0.25) is 0 Å². The van der Waals surface area contributed by atoms with Crippen LogP contribution in [0.4, 0.5) is 17.6 Å². The Morgan fingerprint density at radius 2 is 1.74 bits per heavy atom. The van der Waals surface area contributed by atoms with Crippen LogP contribution in [-0.2, 0) is 10.2 Å². The van der Waals surface area contributed by atoms with Gasteiger partial charge in [-0.1, -0.05) is 30.3 Å². The van der Waals surface area contributed by atoms with Crippen molar-refractivity contribution in [1.29, 1.82) is 0 Å². The number of nitrogens with zero attached hydrogens (tertiary/aromatic N) is 4. The average molecular weight is 495 g/mol. The summed E-state index contributed by atoms with van der Waals surface area (Å²) in [6, 6.07) is 13.4. The Kier molecular flexibility index (Phi) is 7.68. The minimum atomic E-state index is 0.0118. The third-order valence-electron chi connectivity index (χ3n) is 7.88. The van der Waals surface area contributed by atoms with Crippen molar-refractivity contribution in [2.45, 2.75) is 63.3 Å². The van der Waals surface area contributed by atoms with Crippen LogP contribution in [0.15, 0.2) is 36.4 Å². The Hall–Kier alpha value is -2.45. The number of aromatic nitrogens is 2. The predicted octanol–water partition coefficient (Wildman–Crippen LogP) is 4.49. The molecule has 0 unspecified atom stereocenters. The van der Waals surface area contributed by atoms with Gasteiger partial charge in [-0.15, -0.1) is 0 Å². The van der Waals surface area contributed by atoms with E-state index in [2.05, 4.69) is 63.8 Å². The molecule has 3 saturated heterocycles. The van der Waals surface area contributed by atoms with E-state index < -0.39 is 0 Å². The summed E-state index contributed by atoms with van der Waals surface area (Å²) in [5.41, 5.74) is 1.35. The number of anilines is 3. The van der Waals surface area contributed by atoms with Gasteiger partial charge < -0.3 is 25.2 Å². The highest BCUT2D eigenvalue weighted by atomic mass is 32.1. The van der Waals surface area contributed by atoms with Crippen LogP contribution in [0.25, 0.3) is 0 Å². The molecule has 8 heteroatoms. The van der Waals surface area contributed by atoms with E-state index in [-0.39, 0.29) is 5.41 Å². The lowest BCUT2D eigenvalue weighted by Crippen LogP contribution is -2.45. The summed E-state index contributed by atoms with van der Waals surface area (Å²) in [4.78, 5) is 14.6. The zero-order valence-electron chi connectivity index (χ0n) is 20.8. The Morgan fingerprint density at radius 1 is 1.03 bits per heavy atom. The fourth-order valence-electron chi connectivity index (χ4n) is 5.69. The van der Waals surface area contributed by atoms with Gasteiger partial charge in [0, 0.05) is 56.9 Å². The van der Waals surface area contributed by atoms with Crippen LogP contribution in [0.1, 0.15) is 57.4 Å². The Bertz CT molecular complexity index is 990. The first-order chi connectivity index (χ1) is 17.1. The Balaban J connectivity index is 1.32. The predicted molar refractivity (Wildman–Crippen MR) is 147 cm³/mol. The monoisotopic (exact) mass is 494 g/mol. The maximum absolute atomic E-state index is 5.74. The molecule has 0 bridgehead atoms. The molecule has 35 heavy (non-hydrogen) atoms. The highest BCUT2D eigenvalue weighted by molar-refractivity contribution is 7.80. The molecule has 1 aromatic carbocycles. The van der Waals surface area contributed by atoms with E-state index in [1.807, 2.05) is 0 Å². The molecule has 1 atom stereocenters. The van der Waals surface area contributed by atoms with Crippen molar-refractivity contribution in [2.75, 3.05) is 54.5 Å². The summed E-state index contributed by atoms with van der Waals surface area (Å²) < 4.78 is 5.68. The van der Waals surface area contributed by atoms with Crippen molar-refractivity contribution in [1.82, 2.24) is 15.3 Å². The van der Waals surface area contributed by atoms with Gasteiger partial charge in [-0.25, -0.2) is 0 Å². The number of hydrogen-bond donors (Lipinski definition) is 2. The molecule has 0 saturated carbocycles. The fourth-order valence-corrected chi connectivity index (χ4v) is 5.85. The molecule has 5 rings (SSSR count). The van der Waals surface area contributed by atoms with E-state index in [9.17, 15) is 0 Å². The van der Waals surface area contributed by atoms with Crippen molar-refractivity contribution < 1.29 is 4.74 Å². The molecular formula is C27H38N6OS. The molecule has 3 aliphatic heterocycles. The van der Waals surface area contributed by atoms with Crippen molar-refractivity contribution in [3.8, 4) is 0 Å². The number of rotatable bonds is 6. The number of ether oxygens (including phenoxy) is 1. The molecule has 7 nitrogen and oxygen atoms in total. The summed E-state index contributed by atoms with van der Waals surface area (Å²) in [5.74, 6) is 2.59. The highest BCUT2D eigenvalue weighted by Crippen LogP contribution is 2.34. The molecule has 4 heterocycles. The number of nitrogens with one attached hydrogen (secondary N) is 2. The van der Waals surface area contributed by atoms with Gasteiger partial charge in [0.1, 0.15) is 11.6 Å². The Morgan fingerprint density at radius 3 is 2.49 bits per heavy atom. The van der Waals surface area contributed by atoms with Gasteiger partial charge in [0.25, 0.3) is 0 Å². The second-order valence-corrected chi connectivity index (χ2v) is 10.6. The minimum Gasteiger partial charge on any atom is -0.381 e. The smallest absolute Gasteiger partial charge is 0.232 e. The quantitative estimate of drug-likeness (QED) is 0.570. The first-order valence-corrected chi connectivity index (χ1v) is 13.6. The molecule has 2 N–H and O–H groups in total. The topological polar surface area (TPSA) is 65.5 Å². The third kappa shape index (κ3) is 5.70. The molecule has 3 aliphatic rings. The average Bonchev–Trinajstić information content (AvgIpc) is 3.44. The van der Waals surface area contributed by atoms with Crippen LogP contribution in [-0.4, -0.2) is 60.5 Å². The van der Waals surface area contributed by atoms with Gasteiger partial charge in [-0.3, -0.25) is 0 Å². The zero-order chi connectivity index (χ0) is 24.1. The van der Waals surface area contributed by atoms with Crippen LogP contribution in [0, 0.1) is 0 Å². The SMILES string of the molecule is C[C@@H]1CCCCN1c1cc(N2CCCC2)nc(NC(=S)NCC2(c3ccccc3)CCOCC2)n1. The van der Waals surface area contributed by atoms with E-state index >= 15 is 0 Å². The van der Waals surface area contributed by atoms with Crippen LogP contribution in [0.5, 0.6) is 0 Å². The summed E-state index contributed by atoms with van der Waals surface area (Å²) in [7, 11) is 0. The molecule has 0 spiro atoms. The molecule has 188 valence electrons. The van der Waals surface area contributed by atoms with E-state index in [0.29, 0.717) is 17.1 Å². The van der Waals surface area contributed by atoms with Crippen molar-refractivity contribution >= 4 is 34.9 Å². The number of thiocarbonyl (C=S) groups is 1. The lowest BCUT2D eigenvalue weighted by molar-refractivity contribution is 0.0515. The second-order valence-electron chi connectivity index (χ2n) is 10.2. The first-order valence-electron chi connectivity index (χ1n) is 13.2. The molecular weight excluding hydrogens is 456 g/mol. The van der Waals surface area contributed by atoms with Crippen LogP contribution < -0.4 is 20.4 Å². The van der Waals surface area contributed by atoms with E-state index in [1.54, 1.807) is 0 Å². The van der Waals surface area contributed by atoms with E-state index in [4.69, 9.17) is 26.9 Å². The molecule has 0 amide bonds. The summed E-state index contributed by atoms with van der Waals surface area (Å²) in [5, 5.41) is 7.39. The van der Waals surface area contributed by atoms with Crippen molar-refractivity contribution in [3.63, 3.8) is 0 Å². The van der Waals surface area contributed by atoms with Gasteiger partial charge in [-0.2, -0.15) is 9.97 Å². The van der Waals surface area contributed by atoms with E-state index in [1.165, 1.54) is 37.7 Å². The summed E-state index contributed by atoms with van der Waals surface area (Å²) in [6.45, 7) is 7.75. The van der Waals surface area contributed by atoms with Gasteiger partial charge in [0.05, 0.1) is 0 Å². The Labute approximate surface area is 214 Å². The zero-order valence-corrected chi connectivity index (χ0v) is 21.7. The summed E-state index contributed by atoms with van der Waals surface area (Å²) in [6.07, 6.45) is 8.09. The largest absolute Gasteiger partial charge is 0.381 e. The normalized spacial score (nSPS) is 22.1.